The van der Waals surface area contributed by atoms with E-state index in [0.29, 0.717) is 17.9 Å². The molecule has 0 saturated heterocycles. The fourth-order valence-electron chi connectivity index (χ4n) is 2.95. The lowest BCUT2D eigenvalue weighted by atomic mass is 9.86. The fraction of sp³-hybridized carbons (Fsp3) is 0.583. The minimum atomic E-state index is -1.80. The largest absolute Gasteiger partial charge is 0.508 e. The highest BCUT2D eigenvalue weighted by Gasteiger charge is 2.37. The molecular weight excluding hydrogens is 446 g/mol. The van der Waals surface area contributed by atoms with Crippen LogP contribution in [0, 0.1) is 5.92 Å². The number of carboxylic acid groups (broad SMARTS) is 1. The Balaban J connectivity index is 3.00. The Kier molecular flexibility index (Phi) is 11.5. The molecule has 2 atom stereocenters. The summed E-state index contributed by atoms with van der Waals surface area (Å²) >= 11 is 0. The van der Waals surface area contributed by atoms with E-state index in [1.807, 2.05) is 13.8 Å². The van der Waals surface area contributed by atoms with Crippen molar-refractivity contribution in [2.75, 3.05) is 6.61 Å². The van der Waals surface area contributed by atoms with Gasteiger partial charge < -0.3 is 29.8 Å². The zero-order valence-electron chi connectivity index (χ0n) is 20.4. The first-order valence-corrected chi connectivity index (χ1v) is 11.3. The molecule has 10 nitrogen and oxygen atoms in total. The van der Waals surface area contributed by atoms with Crippen LogP contribution < -0.4 is 15.2 Å². The lowest BCUT2D eigenvalue weighted by Crippen LogP contribution is -2.52. The first-order valence-electron chi connectivity index (χ1n) is 11.3. The van der Waals surface area contributed by atoms with Crippen molar-refractivity contribution in [3.8, 4) is 11.5 Å². The van der Waals surface area contributed by atoms with Crippen molar-refractivity contribution in [1.29, 1.82) is 0 Å². The number of nitrogens with two attached hydrogens (primary N) is 1. The Labute approximate surface area is 199 Å². The van der Waals surface area contributed by atoms with E-state index in [1.54, 1.807) is 13.8 Å². The van der Waals surface area contributed by atoms with E-state index in [9.17, 15) is 24.3 Å². The smallest absolute Gasteiger partial charge is 0.480 e. The second kappa shape index (κ2) is 13.5. The third-order valence-electron chi connectivity index (χ3n) is 4.84. The fourth-order valence-corrected chi connectivity index (χ4v) is 2.95. The molecule has 0 aliphatic rings. The number of aliphatic carboxylic acids is 1. The Hall–Kier alpha value is -3.14. The normalized spacial score (nSPS) is 13.5. The Morgan fingerprint density at radius 1 is 1.00 bits per heavy atom. The van der Waals surface area contributed by atoms with E-state index in [1.165, 1.54) is 25.1 Å². The maximum Gasteiger partial charge on any atom is 0.508 e. The van der Waals surface area contributed by atoms with E-state index in [0.717, 1.165) is 0 Å². The molecule has 0 saturated carbocycles. The number of carbonyl (C=O) groups is 4. The van der Waals surface area contributed by atoms with Crippen LogP contribution in [0.4, 0.5) is 4.79 Å². The maximum atomic E-state index is 12.0. The highest BCUT2D eigenvalue weighted by molar-refractivity contribution is 5.79. The third-order valence-corrected chi connectivity index (χ3v) is 4.84. The molecule has 0 radical (unpaired) electrons. The summed E-state index contributed by atoms with van der Waals surface area (Å²) in [5.74, 6) is -2.00. The third kappa shape index (κ3) is 9.78. The molecule has 1 unspecified atom stereocenters. The molecule has 34 heavy (non-hydrogen) atoms. The van der Waals surface area contributed by atoms with Crippen LogP contribution in [0.2, 0.25) is 0 Å². The number of hydrogen-bond donors (Lipinski definition) is 2. The van der Waals surface area contributed by atoms with Crippen LogP contribution in [0.15, 0.2) is 18.2 Å². The second-order valence-electron chi connectivity index (χ2n) is 8.49. The van der Waals surface area contributed by atoms with Gasteiger partial charge in [-0.05, 0) is 37.0 Å². The lowest BCUT2D eigenvalue weighted by molar-refractivity contribution is -0.144. The van der Waals surface area contributed by atoms with Crippen molar-refractivity contribution in [2.24, 2.45) is 11.7 Å². The summed E-state index contributed by atoms with van der Waals surface area (Å²) in [5, 5.41) is 9.79. The summed E-state index contributed by atoms with van der Waals surface area (Å²) < 4.78 is 20.6. The van der Waals surface area contributed by atoms with E-state index < -0.39 is 35.7 Å². The summed E-state index contributed by atoms with van der Waals surface area (Å²) in [6.45, 7) is 8.92. The molecule has 0 bridgehead atoms. The van der Waals surface area contributed by atoms with Crippen molar-refractivity contribution in [2.45, 2.75) is 78.4 Å². The van der Waals surface area contributed by atoms with E-state index in [2.05, 4.69) is 0 Å². The van der Waals surface area contributed by atoms with Gasteiger partial charge in [0.25, 0.3) is 0 Å². The number of ether oxygens (including phenoxy) is 4. The molecular formula is C24H35NO9. The standard InChI is InChI=1S/C24H35NO9/c1-6-20(26)33-18-9-8-17(12-19(18)34-21(27)7-2)14-24(25,22(28)29)13-16(5)32-23(30)31-11-10-15(3)4/h8-9,12,15-16H,6-7,10-11,13-14,25H2,1-5H3,(H,28,29)/t16-,24?/m0/s1. The predicted octanol–water partition coefficient (Wildman–Crippen LogP) is 3.62. The van der Waals surface area contributed by atoms with Gasteiger partial charge >= 0.3 is 24.1 Å². The molecule has 0 aromatic heterocycles. The molecule has 190 valence electrons. The molecule has 0 fully saturated rings. The predicted molar refractivity (Wildman–Crippen MR) is 123 cm³/mol. The lowest BCUT2D eigenvalue weighted by Gasteiger charge is -2.28. The number of rotatable bonds is 13. The van der Waals surface area contributed by atoms with Crippen LogP contribution in [0.3, 0.4) is 0 Å². The maximum absolute atomic E-state index is 12.0. The Bertz CT molecular complexity index is 868. The minimum absolute atomic E-state index is 0.0167. The summed E-state index contributed by atoms with van der Waals surface area (Å²) in [7, 11) is 0. The first kappa shape index (κ1) is 28.9. The van der Waals surface area contributed by atoms with Crippen molar-refractivity contribution in [3.05, 3.63) is 23.8 Å². The van der Waals surface area contributed by atoms with Crippen LogP contribution in [0.5, 0.6) is 11.5 Å². The summed E-state index contributed by atoms with van der Waals surface area (Å²) in [4.78, 5) is 47.4. The number of benzene rings is 1. The molecule has 0 aliphatic carbocycles. The highest BCUT2D eigenvalue weighted by atomic mass is 16.7. The van der Waals surface area contributed by atoms with Crippen molar-refractivity contribution in [3.63, 3.8) is 0 Å². The first-order chi connectivity index (χ1) is 15.9. The van der Waals surface area contributed by atoms with E-state index in [-0.39, 0.29) is 43.8 Å². The van der Waals surface area contributed by atoms with Crippen molar-refractivity contribution >= 4 is 24.1 Å². The molecule has 1 aromatic rings. The van der Waals surface area contributed by atoms with Crippen LogP contribution in [0.25, 0.3) is 0 Å². The summed E-state index contributed by atoms with van der Waals surface area (Å²) in [5.41, 5.74) is 4.81. The summed E-state index contributed by atoms with van der Waals surface area (Å²) in [6.07, 6.45) is -1.22. The van der Waals surface area contributed by atoms with Gasteiger partial charge in [0, 0.05) is 25.7 Å². The van der Waals surface area contributed by atoms with Gasteiger partial charge in [-0.3, -0.25) is 14.4 Å². The number of carbonyl (C=O) groups excluding carboxylic acids is 3. The topological polar surface area (TPSA) is 151 Å². The average Bonchev–Trinajstić information content (AvgIpc) is 2.74. The number of esters is 2. The highest BCUT2D eigenvalue weighted by Crippen LogP contribution is 2.31. The zero-order valence-corrected chi connectivity index (χ0v) is 20.4. The molecule has 10 heteroatoms. The van der Waals surface area contributed by atoms with Gasteiger partial charge in [-0.15, -0.1) is 0 Å². The molecule has 0 spiro atoms. The van der Waals surface area contributed by atoms with E-state index >= 15 is 0 Å². The van der Waals surface area contributed by atoms with Gasteiger partial charge in [0.15, 0.2) is 11.5 Å². The number of hydrogen-bond acceptors (Lipinski definition) is 9. The Morgan fingerprint density at radius 2 is 1.59 bits per heavy atom. The van der Waals surface area contributed by atoms with Crippen LogP contribution in [0.1, 0.15) is 65.9 Å². The molecule has 0 aliphatic heterocycles. The molecule has 1 aromatic carbocycles. The minimum Gasteiger partial charge on any atom is -0.480 e. The monoisotopic (exact) mass is 481 g/mol. The van der Waals surface area contributed by atoms with Gasteiger partial charge in [-0.2, -0.15) is 0 Å². The van der Waals surface area contributed by atoms with Gasteiger partial charge in [-0.25, -0.2) is 4.79 Å². The zero-order chi connectivity index (χ0) is 25.9. The average molecular weight is 482 g/mol. The second-order valence-corrected chi connectivity index (χ2v) is 8.49. The van der Waals surface area contributed by atoms with Crippen LogP contribution in [-0.2, 0) is 30.3 Å². The SMILES string of the molecule is CCC(=O)Oc1ccc(CC(N)(C[C@H](C)OC(=O)OCCC(C)C)C(=O)O)cc1OC(=O)CC. The van der Waals surface area contributed by atoms with Crippen LogP contribution in [-0.4, -0.2) is 47.4 Å². The Morgan fingerprint density at radius 3 is 2.12 bits per heavy atom. The quantitative estimate of drug-likeness (QED) is 0.316. The molecule has 3 N–H and O–H groups in total. The molecule has 1 rings (SSSR count). The summed E-state index contributed by atoms with van der Waals surface area (Å²) in [6, 6.07) is 4.34. The van der Waals surface area contributed by atoms with Gasteiger partial charge in [0.2, 0.25) is 0 Å². The molecule has 0 heterocycles. The van der Waals surface area contributed by atoms with Crippen molar-refractivity contribution in [1.82, 2.24) is 0 Å². The van der Waals surface area contributed by atoms with Gasteiger partial charge in [0.05, 0.1) is 6.61 Å². The van der Waals surface area contributed by atoms with Crippen molar-refractivity contribution < 1.29 is 43.2 Å². The van der Waals surface area contributed by atoms with Gasteiger partial charge in [-0.1, -0.05) is 33.8 Å². The number of carboxylic acids is 1. The van der Waals surface area contributed by atoms with Gasteiger partial charge in [0.1, 0.15) is 11.6 Å². The van der Waals surface area contributed by atoms with E-state index in [4.69, 9.17) is 24.7 Å². The van der Waals surface area contributed by atoms with Crippen LogP contribution >= 0.6 is 0 Å². The molecule has 0 amide bonds.